The van der Waals surface area contributed by atoms with Crippen LogP contribution in [0.25, 0.3) is 11.0 Å². The van der Waals surface area contributed by atoms with Crippen LogP contribution in [0.2, 0.25) is 0 Å². The third kappa shape index (κ3) is 2.69. The van der Waals surface area contributed by atoms with E-state index in [9.17, 15) is 4.79 Å². The molecule has 0 bridgehead atoms. The number of benzene rings is 1. The number of hydrogen-bond donors (Lipinski definition) is 1. The number of fused-ring (bicyclic) bond motifs is 1. The first kappa shape index (κ1) is 13.8. The topological polar surface area (TPSA) is 55.1 Å². The fourth-order valence-corrected chi connectivity index (χ4v) is 3.32. The summed E-state index contributed by atoms with van der Waals surface area (Å²) in [5, 5.41) is 9.01. The molecule has 21 heavy (non-hydrogen) atoms. The van der Waals surface area contributed by atoms with Crippen LogP contribution in [0.15, 0.2) is 36.4 Å². The molecule has 3 rings (SSSR count). The van der Waals surface area contributed by atoms with Gasteiger partial charge in [0.05, 0.1) is 11.0 Å². The van der Waals surface area contributed by atoms with Crippen molar-refractivity contribution in [3.63, 3.8) is 0 Å². The predicted octanol–water partition coefficient (Wildman–Crippen LogP) is 3.80. The van der Waals surface area contributed by atoms with Crippen LogP contribution in [0.1, 0.15) is 33.7 Å². The van der Waals surface area contributed by atoms with Crippen LogP contribution in [0.5, 0.6) is 0 Å². The van der Waals surface area contributed by atoms with Crippen LogP contribution >= 0.6 is 11.3 Å². The second kappa shape index (κ2) is 5.69. The van der Waals surface area contributed by atoms with Crippen molar-refractivity contribution in [3.8, 4) is 0 Å². The minimum Gasteiger partial charge on any atom is -0.477 e. The van der Waals surface area contributed by atoms with Crippen LogP contribution in [0.3, 0.4) is 0 Å². The van der Waals surface area contributed by atoms with Gasteiger partial charge in [-0.15, -0.1) is 11.3 Å². The second-order valence-electron chi connectivity index (χ2n) is 4.92. The number of nitrogens with zero attached hydrogens (tertiary/aromatic N) is 2. The summed E-state index contributed by atoms with van der Waals surface area (Å²) in [6.07, 6.45) is 1.71. The van der Waals surface area contributed by atoms with Gasteiger partial charge in [0.2, 0.25) is 0 Å². The molecule has 108 valence electrons. The van der Waals surface area contributed by atoms with Gasteiger partial charge in [0, 0.05) is 17.8 Å². The number of aromatic nitrogens is 2. The maximum absolute atomic E-state index is 11.0. The Morgan fingerprint density at radius 1 is 1.29 bits per heavy atom. The summed E-state index contributed by atoms with van der Waals surface area (Å²) in [6, 6.07) is 11.6. The lowest BCUT2D eigenvalue weighted by atomic mass is 10.3. The van der Waals surface area contributed by atoms with Gasteiger partial charge in [-0.2, -0.15) is 0 Å². The number of hydrogen-bond acceptors (Lipinski definition) is 3. The highest BCUT2D eigenvalue weighted by atomic mass is 32.1. The minimum absolute atomic E-state index is 0.378. The number of aromatic carboxylic acids is 1. The first-order chi connectivity index (χ1) is 10.2. The highest BCUT2D eigenvalue weighted by molar-refractivity contribution is 7.13. The molecule has 1 N–H and O–H groups in total. The average Bonchev–Trinajstić information content (AvgIpc) is 3.06. The van der Waals surface area contributed by atoms with Crippen molar-refractivity contribution >= 4 is 28.3 Å². The molecule has 3 aromatic rings. The second-order valence-corrected chi connectivity index (χ2v) is 6.08. The molecule has 0 saturated heterocycles. The summed E-state index contributed by atoms with van der Waals surface area (Å²) >= 11 is 1.32. The maximum Gasteiger partial charge on any atom is 0.345 e. The summed E-state index contributed by atoms with van der Waals surface area (Å²) in [5.74, 6) is 0.130. The molecule has 0 aliphatic heterocycles. The Morgan fingerprint density at radius 2 is 2.10 bits per heavy atom. The van der Waals surface area contributed by atoms with Gasteiger partial charge >= 0.3 is 5.97 Å². The van der Waals surface area contributed by atoms with Gasteiger partial charge in [-0.05, 0) is 30.7 Å². The number of thiophene rings is 1. The van der Waals surface area contributed by atoms with Crippen molar-refractivity contribution < 1.29 is 9.90 Å². The van der Waals surface area contributed by atoms with Gasteiger partial charge in [0.15, 0.2) is 0 Å². The van der Waals surface area contributed by atoms with Crippen LogP contribution in [-0.2, 0) is 13.0 Å². The third-order valence-electron chi connectivity index (χ3n) is 3.39. The lowest BCUT2D eigenvalue weighted by molar-refractivity contribution is 0.0702. The van der Waals surface area contributed by atoms with Crippen molar-refractivity contribution in [2.24, 2.45) is 0 Å². The molecule has 2 aromatic heterocycles. The SMILES string of the molecule is CCCn1c(Cc2ccc(C(=O)O)s2)nc2ccccc21. The van der Waals surface area contributed by atoms with Gasteiger partial charge in [-0.3, -0.25) is 0 Å². The molecule has 0 atom stereocenters. The lowest BCUT2D eigenvalue weighted by Gasteiger charge is -2.06. The summed E-state index contributed by atoms with van der Waals surface area (Å²) < 4.78 is 2.23. The fraction of sp³-hybridized carbons (Fsp3) is 0.250. The molecule has 5 heteroatoms. The predicted molar refractivity (Wildman–Crippen MR) is 84.1 cm³/mol. The fourth-order valence-electron chi connectivity index (χ4n) is 2.48. The lowest BCUT2D eigenvalue weighted by Crippen LogP contribution is -2.03. The molecule has 0 spiro atoms. The highest BCUT2D eigenvalue weighted by Crippen LogP contribution is 2.23. The van der Waals surface area contributed by atoms with Crippen molar-refractivity contribution in [3.05, 3.63) is 52.0 Å². The molecular formula is C16H16N2O2S. The van der Waals surface area contributed by atoms with Crippen LogP contribution < -0.4 is 0 Å². The van der Waals surface area contributed by atoms with Crippen LogP contribution in [-0.4, -0.2) is 20.6 Å². The standard InChI is InChI=1S/C16H16N2O2S/c1-2-9-18-13-6-4-3-5-12(13)17-15(18)10-11-7-8-14(21-11)16(19)20/h3-8H,2,9-10H2,1H3,(H,19,20). The molecule has 4 nitrogen and oxygen atoms in total. The van der Waals surface area contributed by atoms with E-state index in [0.29, 0.717) is 11.3 Å². The highest BCUT2D eigenvalue weighted by Gasteiger charge is 2.13. The Balaban J connectivity index is 1.98. The number of imidazole rings is 1. The van der Waals surface area contributed by atoms with E-state index < -0.39 is 5.97 Å². The van der Waals surface area contributed by atoms with Crippen molar-refractivity contribution in [1.82, 2.24) is 9.55 Å². The van der Waals surface area contributed by atoms with Crippen molar-refractivity contribution in [1.29, 1.82) is 0 Å². The molecule has 2 heterocycles. The number of rotatable bonds is 5. The van der Waals surface area contributed by atoms with E-state index in [1.54, 1.807) is 6.07 Å². The van der Waals surface area contributed by atoms with E-state index in [0.717, 1.165) is 34.7 Å². The van der Waals surface area contributed by atoms with Gasteiger partial charge in [-0.1, -0.05) is 19.1 Å². The number of carbonyl (C=O) groups is 1. The van der Waals surface area contributed by atoms with Crippen LogP contribution in [0.4, 0.5) is 0 Å². The van der Waals surface area contributed by atoms with E-state index in [4.69, 9.17) is 10.1 Å². The van der Waals surface area contributed by atoms with Crippen molar-refractivity contribution in [2.45, 2.75) is 26.3 Å². The normalized spacial score (nSPS) is 11.1. The van der Waals surface area contributed by atoms with Gasteiger partial charge < -0.3 is 9.67 Å². The zero-order chi connectivity index (χ0) is 14.8. The summed E-state index contributed by atoms with van der Waals surface area (Å²) in [7, 11) is 0. The molecule has 1 aromatic carbocycles. The number of para-hydroxylation sites is 2. The minimum atomic E-state index is -0.867. The molecule has 0 aliphatic rings. The Bertz CT molecular complexity index is 789. The third-order valence-corrected chi connectivity index (χ3v) is 4.46. The molecular weight excluding hydrogens is 284 g/mol. The average molecular weight is 300 g/mol. The molecule has 0 amide bonds. The van der Waals surface area contributed by atoms with E-state index >= 15 is 0 Å². The summed E-state index contributed by atoms with van der Waals surface area (Å²) in [4.78, 5) is 17.1. The largest absolute Gasteiger partial charge is 0.477 e. The zero-order valence-corrected chi connectivity index (χ0v) is 12.6. The number of carboxylic acids is 1. The first-order valence-corrected chi connectivity index (χ1v) is 7.77. The summed E-state index contributed by atoms with van der Waals surface area (Å²) in [6.45, 7) is 3.07. The Morgan fingerprint density at radius 3 is 2.81 bits per heavy atom. The number of aryl methyl sites for hydroxylation is 1. The monoisotopic (exact) mass is 300 g/mol. The van der Waals surface area contributed by atoms with E-state index in [1.165, 1.54) is 11.3 Å². The van der Waals surface area contributed by atoms with Gasteiger partial charge in [0.1, 0.15) is 10.7 Å². The van der Waals surface area contributed by atoms with E-state index in [2.05, 4.69) is 17.6 Å². The number of carboxylic acid groups (broad SMARTS) is 1. The quantitative estimate of drug-likeness (QED) is 0.780. The molecule has 0 radical (unpaired) electrons. The Kier molecular flexibility index (Phi) is 3.75. The molecule has 0 fully saturated rings. The Labute approximate surface area is 126 Å². The van der Waals surface area contributed by atoms with Crippen LogP contribution in [0, 0.1) is 0 Å². The van der Waals surface area contributed by atoms with E-state index in [-0.39, 0.29) is 0 Å². The molecule has 0 unspecified atom stereocenters. The smallest absolute Gasteiger partial charge is 0.345 e. The summed E-state index contributed by atoms with van der Waals surface area (Å²) in [5.41, 5.74) is 2.14. The first-order valence-electron chi connectivity index (χ1n) is 6.95. The van der Waals surface area contributed by atoms with Gasteiger partial charge in [-0.25, -0.2) is 9.78 Å². The maximum atomic E-state index is 11.0. The molecule has 0 aliphatic carbocycles. The zero-order valence-electron chi connectivity index (χ0n) is 11.7. The van der Waals surface area contributed by atoms with Crippen molar-refractivity contribution in [2.75, 3.05) is 0 Å². The molecule has 0 saturated carbocycles. The van der Waals surface area contributed by atoms with E-state index in [1.807, 2.05) is 24.3 Å². The Hall–Kier alpha value is -2.14. The van der Waals surface area contributed by atoms with Gasteiger partial charge in [0.25, 0.3) is 0 Å².